The van der Waals surface area contributed by atoms with E-state index in [4.69, 9.17) is 4.52 Å². The van der Waals surface area contributed by atoms with Gasteiger partial charge in [-0.2, -0.15) is 0 Å². The third-order valence-corrected chi connectivity index (χ3v) is 3.23. The van der Waals surface area contributed by atoms with Gasteiger partial charge >= 0.3 is 0 Å². The minimum absolute atomic E-state index is 0.0102. The minimum atomic E-state index is -0.637. The molecule has 1 aliphatic heterocycles. The summed E-state index contributed by atoms with van der Waals surface area (Å²) < 4.78 is 5.03. The Morgan fingerprint density at radius 1 is 1.25 bits per heavy atom. The van der Waals surface area contributed by atoms with E-state index in [1.54, 1.807) is 6.07 Å². The monoisotopic (exact) mass is 271 g/mol. The van der Waals surface area contributed by atoms with Gasteiger partial charge in [-0.25, -0.2) is 0 Å². The zero-order chi connectivity index (χ0) is 13.9. The first-order valence-corrected chi connectivity index (χ1v) is 6.27. The Hall–Kier alpha value is -2.63. The van der Waals surface area contributed by atoms with E-state index in [9.17, 15) is 9.59 Å². The van der Waals surface area contributed by atoms with Crippen molar-refractivity contribution in [1.29, 1.82) is 0 Å². The van der Waals surface area contributed by atoms with E-state index in [2.05, 4.69) is 10.5 Å². The molecular weight excluding hydrogens is 258 g/mol. The first kappa shape index (κ1) is 12.4. The minimum Gasteiger partial charge on any atom is -0.360 e. The second-order valence-electron chi connectivity index (χ2n) is 4.53. The van der Waals surface area contributed by atoms with Gasteiger partial charge in [-0.3, -0.25) is 9.59 Å². The van der Waals surface area contributed by atoms with Gasteiger partial charge in [0.15, 0.2) is 5.76 Å². The number of amides is 2. The Morgan fingerprint density at radius 3 is 2.75 bits per heavy atom. The van der Waals surface area contributed by atoms with Crippen molar-refractivity contribution in [2.75, 3.05) is 6.54 Å². The van der Waals surface area contributed by atoms with Crippen LogP contribution in [0.5, 0.6) is 0 Å². The van der Waals surface area contributed by atoms with Gasteiger partial charge in [-0.1, -0.05) is 35.5 Å². The van der Waals surface area contributed by atoms with Crippen molar-refractivity contribution in [3.63, 3.8) is 0 Å². The number of carbonyl (C=O) groups is 2. The molecule has 1 atom stereocenters. The Bertz CT molecular complexity index is 610. The zero-order valence-corrected chi connectivity index (χ0v) is 10.7. The van der Waals surface area contributed by atoms with Crippen molar-refractivity contribution in [3.8, 4) is 0 Å². The molecule has 1 aromatic carbocycles. The fraction of sp³-hybridized carbons (Fsp3) is 0.214. The molecule has 1 N–H and O–H groups in total. The summed E-state index contributed by atoms with van der Waals surface area (Å²) in [6, 6.07) is 10.3. The number of carbonyl (C=O) groups excluding carboxylic acids is 2. The first-order valence-electron chi connectivity index (χ1n) is 6.27. The molecule has 0 spiro atoms. The molecule has 2 aromatic rings. The van der Waals surface area contributed by atoms with Crippen LogP contribution in [0.15, 0.2) is 47.1 Å². The van der Waals surface area contributed by atoms with Crippen LogP contribution in [0.1, 0.15) is 17.4 Å². The highest BCUT2D eigenvalue weighted by Gasteiger charge is 2.36. The standard InChI is InChI=1S/C14H13N3O3/c18-12-8-15-14(19)13(10-4-2-1-3-5-10)17(12)9-11-6-7-16-20-11/h1-7,13H,8-9H2,(H,15,19). The summed E-state index contributed by atoms with van der Waals surface area (Å²) in [7, 11) is 0. The Kier molecular flexibility index (Phi) is 3.20. The predicted molar refractivity (Wildman–Crippen MR) is 69.2 cm³/mol. The molecule has 0 aliphatic carbocycles. The summed E-state index contributed by atoms with van der Waals surface area (Å²) in [5, 5.41) is 6.23. The summed E-state index contributed by atoms with van der Waals surface area (Å²) in [6.07, 6.45) is 1.52. The third-order valence-electron chi connectivity index (χ3n) is 3.23. The molecule has 0 radical (unpaired) electrons. The Morgan fingerprint density at radius 2 is 2.05 bits per heavy atom. The van der Waals surface area contributed by atoms with Crippen molar-refractivity contribution in [1.82, 2.24) is 15.4 Å². The van der Waals surface area contributed by atoms with E-state index in [-0.39, 0.29) is 24.9 Å². The molecule has 102 valence electrons. The number of hydrogen-bond donors (Lipinski definition) is 1. The van der Waals surface area contributed by atoms with Gasteiger partial charge < -0.3 is 14.7 Å². The van der Waals surface area contributed by atoms with E-state index in [1.807, 2.05) is 30.3 Å². The summed E-state index contributed by atoms with van der Waals surface area (Å²) in [5.41, 5.74) is 0.776. The normalized spacial score (nSPS) is 19.0. The fourth-order valence-electron chi connectivity index (χ4n) is 2.28. The molecule has 0 saturated carbocycles. The first-order chi connectivity index (χ1) is 9.75. The van der Waals surface area contributed by atoms with Crippen molar-refractivity contribution in [2.24, 2.45) is 0 Å². The lowest BCUT2D eigenvalue weighted by Gasteiger charge is -2.34. The van der Waals surface area contributed by atoms with E-state index in [0.29, 0.717) is 5.76 Å². The Balaban J connectivity index is 1.93. The number of nitrogens with zero attached hydrogens (tertiary/aromatic N) is 2. The second kappa shape index (κ2) is 5.16. The molecule has 1 fully saturated rings. The van der Waals surface area contributed by atoms with Crippen molar-refractivity contribution >= 4 is 11.8 Å². The molecular formula is C14H13N3O3. The largest absolute Gasteiger partial charge is 0.360 e. The second-order valence-corrected chi connectivity index (χ2v) is 4.53. The van der Waals surface area contributed by atoms with Crippen LogP contribution in [0.4, 0.5) is 0 Å². The van der Waals surface area contributed by atoms with Gasteiger partial charge in [0, 0.05) is 6.07 Å². The molecule has 0 bridgehead atoms. The SMILES string of the molecule is O=C1NCC(=O)N(Cc2ccno2)C1c1ccccc1. The lowest BCUT2D eigenvalue weighted by Crippen LogP contribution is -2.53. The number of benzene rings is 1. The highest BCUT2D eigenvalue weighted by Crippen LogP contribution is 2.25. The molecule has 20 heavy (non-hydrogen) atoms. The molecule has 6 heteroatoms. The number of nitrogens with one attached hydrogen (secondary N) is 1. The Labute approximate surface area is 115 Å². The summed E-state index contributed by atoms with van der Waals surface area (Å²) in [4.78, 5) is 25.7. The fourth-order valence-corrected chi connectivity index (χ4v) is 2.28. The third kappa shape index (κ3) is 2.27. The number of rotatable bonds is 3. The number of hydrogen-bond acceptors (Lipinski definition) is 4. The maximum absolute atomic E-state index is 12.1. The molecule has 1 saturated heterocycles. The smallest absolute Gasteiger partial charge is 0.247 e. The average Bonchev–Trinajstić information content (AvgIpc) is 2.97. The van der Waals surface area contributed by atoms with Gasteiger partial charge in [-0.05, 0) is 5.56 Å². The van der Waals surface area contributed by atoms with Gasteiger partial charge in [0.1, 0.15) is 6.04 Å². The maximum Gasteiger partial charge on any atom is 0.247 e. The van der Waals surface area contributed by atoms with Crippen LogP contribution in [0.3, 0.4) is 0 Å². The van der Waals surface area contributed by atoms with Crippen LogP contribution >= 0.6 is 0 Å². The molecule has 1 aromatic heterocycles. The van der Waals surface area contributed by atoms with E-state index in [1.165, 1.54) is 11.1 Å². The van der Waals surface area contributed by atoms with Gasteiger partial charge in [0.05, 0.1) is 19.3 Å². The van der Waals surface area contributed by atoms with Gasteiger partial charge in [0.2, 0.25) is 11.8 Å². The van der Waals surface area contributed by atoms with Crippen LogP contribution in [0, 0.1) is 0 Å². The molecule has 1 aliphatic rings. The van der Waals surface area contributed by atoms with E-state index < -0.39 is 6.04 Å². The molecule has 3 rings (SSSR count). The molecule has 2 heterocycles. The zero-order valence-electron chi connectivity index (χ0n) is 10.7. The van der Waals surface area contributed by atoms with Crippen molar-refractivity contribution in [3.05, 3.63) is 53.9 Å². The maximum atomic E-state index is 12.1. The van der Waals surface area contributed by atoms with E-state index >= 15 is 0 Å². The van der Waals surface area contributed by atoms with Crippen LogP contribution in [-0.4, -0.2) is 28.4 Å². The van der Waals surface area contributed by atoms with E-state index in [0.717, 1.165) is 5.56 Å². The summed E-state index contributed by atoms with van der Waals surface area (Å²) in [6.45, 7) is 0.238. The van der Waals surface area contributed by atoms with Crippen molar-refractivity contribution in [2.45, 2.75) is 12.6 Å². The average molecular weight is 271 g/mol. The lowest BCUT2D eigenvalue weighted by molar-refractivity contribution is -0.146. The van der Waals surface area contributed by atoms with Gasteiger partial charge in [0.25, 0.3) is 0 Å². The van der Waals surface area contributed by atoms with Crippen LogP contribution < -0.4 is 5.32 Å². The quantitative estimate of drug-likeness (QED) is 0.899. The summed E-state index contributed by atoms with van der Waals surface area (Å²) in [5.74, 6) is 0.221. The van der Waals surface area contributed by atoms with Gasteiger partial charge in [-0.15, -0.1) is 0 Å². The van der Waals surface area contributed by atoms with Crippen LogP contribution in [0.2, 0.25) is 0 Å². The molecule has 2 amide bonds. The highest BCUT2D eigenvalue weighted by molar-refractivity contribution is 5.95. The lowest BCUT2D eigenvalue weighted by atomic mass is 10.0. The topological polar surface area (TPSA) is 75.4 Å². The van der Waals surface area contributed by atoms with Crippen LogP contribution in [0.25, 0.3) is 0 Å². The predicted octanol–water partition coefficient (Wildman–Crippen LogP) is 0.874. The summed E-state index contributed by atoms with van der Waals surface area (Å²) >= 11 is 0. The number of piperazine rings is 1. The highest BCUT2D eigenvalue weighted by atomic mass is 16.5. The van der Waals surface area contributed by atoms with Crippen molar-refractivity contribution < 1.29 is 14.1 Å². The molecule has 6 nitrogen and oxygen atoms in total. The van der Waals surface area contributed by atoms with Crippen LogP contribution in [-0.2, 0) is 16.1 Å². The molecule has 1 unspecified atom stereocenters. The number of aromatic nitrogens is 1.